The molecule has 1 N–H and O–H groups in total. The van der Waals surface area contributed by atoms with Gasteiger partial charge in [0.15, 0.2) is 0 Å². The number of anilines is 1. The maximum absolute atomic E-state index is 10.5. The van der Waals surface area contributed by atoms with Crippen molar-refractivity contribution in [1.29, 1.82) is 0 Å². The van der Waals surface area contributed by atoms with E-state index in [1.54, 1.807) is 24.3 Å². The maximum Gasteiger partial charge on any atom is 0.284 e. The van der Waals surface area contributed by atoms with Crippen molar-refractivity contribution >= 4 is 15.8 Å². The van der Waals surface area contributed by atoms with Crippen LogP contribution in [0.25, 0.3) is 0 Å². The van der Waals surface area contributed by atoms with Gasteiger partial charge in [-0.25, -0.2) is 5.48 Å². The molecule has 0 unspecified atom stereocenters. The van der Waals surface area contributed by atoms with E-state index in [0.29, 0.717) is 5.69 Å². The first kappa shape index (κ1) is 18.3. The predicted octanol–water partition coefficient (Wildman–Crippen LogP) is 2.45. The minimum Gasteiger partial charge on any atom is -0.362 e. The summed E-state index contributed by atoms with van der Waals surface area (Å²) in [6.45, 7) is 4.50. The summed E-state index contributed by atoms with van der Waals surface area (Å²) >= 11 is 0. The molecule has 1 aliphatic rings. The molecular weight excluding hydrogens is 302 g/mol. The molecule has 1 aliphatic heterocycles. The maximum atomic E-state index is 10.5. The molecule has 1 aromatic carbocycles. The van der Waals surface area contributed by atoms with Gasteiger partial charge in [-0.3, -0.25) is 0 Å². The van der Waals surface area contributed by atoms with Crippen LogP contribution in [-0.2, 0) is 14.4 Å². The first-order chi connectivity index (χ1) is 10.4. The molecule has 2 rings (SSSR count). The van der Waals surface area contributed by atoms with Gasteiger partial charge < -0.3 is 9.80 Å². The average molecular weight is 327 g/mol. The van der Waals surface area contributed by atoms with Gasteiger partial charge in [-0.2, -0.15) is 12.7 Å². The summed E-state index contributed by atoms with van der Waals surface area (Å²) in [7, 11) is -1.33. The molecule has 1 heterocycles. The zero-order valence-electron chi connectivity index (χ0n) is 13.4. The van der Waals surface area contributed by atoms with Crippen molar-refractivity contribution in [3.63, 3.8) is 0 Å². The van der Waals surface area contributed by atoms with Crippen molar-refractivity contribution in [1.82, 2.24) is 9.80 Å². The van der Waals surface area contributed by atoms with E-state index >= 15 is 0 Å². The Kier molecular flexibility index (Phi) is 7.76. The fraction of sp³-hybridized carbons (Fsp3) is 0.467. The Morgan fingerprint density at radius 2 is 1.91 bits per heavy atom. The SMILES string of the molecule is CCCCN1C=CN(C)C1.CS(=O)(=O)ONc1ccccc1. The number of nitrogens with zero attached hydrogens (tertiary/aromatic N) is 2. The third-order valence-corrected chi connectivity index (χ3v) is 3.21. The van der Waals surface area contributed by atoms with Crippen molar-refractivity contribution in [2.45, 2.75) is 19.8 Å². The molecule has 0 aliphatic carbocycles. The van der Waals surface area contributed by atoms with Crippen LogP contribution >= 0.6 is 0 Å². The zero-order chi connectivity index (χ0) is 16.4. The van der Waals surface area contributed by atoms with Crippen LogP contribution in [0.4, 0.5) is 5.69 Å². The average Bonchev–Trinajstić information content (AvgIpc) is 2.90. The zero-order valence-corrected chi connectivity index (χ0v) is 14.2. The number of para-hydroxylation sites is 1. The van der Waals surface area contributed by atoms with Crippen LogP contribution in [0.2, 0.25) is 0 Å². The van der Waals surface area contributed by atoms with Gasteiger partial charge in [0, 0.05) is 26.0 Å². The first-order valence-corrected chi connectivity index (χ1v) is 9.04. The lowest BCUT2D eigenvalue weighted by Crippen LogP contribution is -2.23. The van der Waals surface area contributed by atoms with Crippen LogP contribution in [-0.4, -0.2) is 44.7 Å². The minimum atomic E-state index is -3.43. The molecule has 124 valence electrons. The summed E-state index contributed by atoms with van der Waals surface area (Å²) in [5, 5.41) is 0. The Hall–Kier alpha value is -1.73. The van der Waals surface area contributed by atoms with Gasteiger partial charge in [0.05, 0.1) is 18.6 Å². The third kappa shape index (κ3) is 8.53. The van der Waals surface area contributed by atoms with Crippen LogP contribution in [0.5, 0.6) is 0 Å². The fourth-order valence-corrected chi connectivity index (χ4v) is 1.97. The molecule has 0 bridgehead atoms. The standard InChI is InChI=1S/C8H16N2.C7H9NO3S/c1-3-4-5-10-7-6-9(2)8-10;1-12(9,10)11-8-7-5-3-2-4-6-7/h6-7H,3-5,8H2,1-2H3;2-6,8H,1H3. The van der Waals surface area contributed by atoms with Gasteiger partial charge in [-0.15, -0.1) is 0 Å². The molecule has 0 spiro atoms. The molecular formula is C15H25N3O3S. The van der Waals surface area contributed by atoms with E-state index in [-0.39, 0.29) is 0 Å². The molecule has 0 aromatic heterocycles. The number of benzene rings is 1. The second-order valence-electron chi connectivity index (χ2n) is 5.12. The number of unbranched alkanes of at least 4 members (excludes halogenated alkanes) is 1. The highest BCUT2D eigenvalue weighted by molar-refractivity contribution is 7.86. The number of rotatable bonds is 6. The summed E-state index contributed by atoms with van der Waals surface area (Å²) in [6, 6.07) is 8.77. The van der Waals surface area contributed by atoms with E-state index in [0.717, 1.165) is 12.9 Å². The summed E-state index contributed by atoms with van der Waals surface area (Å²) in [6.07, 6.45) is 7.85. The summed E-state index contributed by atoms with van der Waals surface area (Å²) in [5.74, 6) is 0. The minimum absolute atomic E-state index is 0.600. The molecule has 6 nitrogen and oxygen atoms in total. The Morgan fingerprint density at radius 1 is 1.23 bits per heavy atom. The van der Waals surface area contributed by atoms with Crippen molar-refractivity contribution in [2.75, 3.05) is 32.0 Å². The molecule has 0 saturated heterocycles. The molecule has 0 fully saturated rings. The Morgan fingerprint density at radius 3 is 2.41 bits per heavy atom. The third-order valence-electron chi connectivity index (χ3n) is 2.82. The van der Waals surface area contributed by atoms with Crippen LogP contribution < -0.4 is 5.48 Å². The highest BCUT2D eigenvalue weighted by atomic mass is 32.2. The van der Waals surface area contributed by atoms with Crippen molar-refractivity contribution in [3.05, 3.63) is 42.7 Å². The topological polar surface area (TPSA) is 61.9 Å². The summed E-state index contributed by atoms with van der Waals surface area (Å²) in [5.41, 5.74) is 2.90. The van der Waals surface area contributed by atoms with E-state index in [9.17, 15) is 8.42 Å². The number of hydrogen-bond acceptors (Lipinski definition) is 6. The number of nitrogens with one attached hydrogen (secondary N) is 1. The fourth-order valence-electron chi connectivity index (χ4n) is 1.73. The first-order valence-electron chi connectivity index (χ1n) is 7.23. The van der Waals surface area contributed by atoms with E-state index in [1.165, 1.54) is 19.4 Å². The Balaban J connectivity index is 0.000000224. The van der Waals surface area contributed by atoms with E-state index < -0.39 is 10.1 Å². The lowest BCUT2D eigenvalue weighted by molar-refractivity contribution is 0.293. The molecule has 0 atom stereocenters. The molecule has 0 saturated carbocycles. The van der Waals surface area contributed by atoms with Gasteiger partial charge in [-0.1, -0.05) is 31.5 Å². The molecule has 7 heteroatoms. The Labute approximate surface area is 133 Å². The normalized spacial score (nSPS) is 13.8. The summed E-state index contributed by atoms with van der Waals surface area (Å²) < 4.78 is 25.4. The molecule has 0 radical (unpaired) electrons. The second kappa shape index (κ2) is 9.32. The smallest absolute Gasteiger partial charge is 0.284 e. The summed E-state index contributed by atoms with van der Waals surface area (Å²) in [4.78, 5) is 4.53. The Bertz CT molecular complexity index is 546. The quantitative estimate of drug-likeness (QED) is 0.810. The van der Waals surface area contributed by atoms with Crippen LogP contribution in [0.3, 0.4) is 0 Å². The highest BCUT2D eigenvalue weighted by Crippen LogP contribution is 2.05. The van der Waals surface area contributed by atoms with Crippen LogP contribution in [0, 0.1) is 0 Å². The van der Waals surface area contributed by atoms with Crippen LogP contribution in [0.15, 0.2) is 42.7 Å². The molecule has 22 heavy (non-hydrogen) atoms. The molecule has 1 aromatic rings. The lowest BCUT2D eigenvalue weighted by atomic mass is 10.3. The van der Waals surface area contributed by atoms with E-state index in [4.69, 9.17) is 0 Å². The van der Waals surface area contributed by atoms with Crippen molar-refractivity contribution in [2.24, 2.45) is 0 Å². The van der Waals surface area contributed by atoms with Gasteiger partial charge in [0.2, 0.25) is 0 Å². The van der Waals surface area contributed by atoms with E-state index in [1.807, 2.05) is 6.07 Å². The van der Waals surface area contributed by atoms with Gasteiger partial charge in [0.1, 0.15) is 0 Å². The van der Waals surface area contributed by atoms with Crippen molar-refractivity contribution in [3.8, 4) is 0 Å². The van der Waals surface area contributed by atoms with Gasteiger partial charge >= 0.3 is 0 Å². The van der Waals surface area contributed by atoms with Crippen molar-refractivity contribution < 1.29 is 12.7 Å². The number of hydrogen-bond donors (Lipinski definition) is 1. The van der Waals surface area contributed by atoms with Crippen LogP contribution in [0.1, 0.15) is 19.8 Å². The van der Waals surface area contributed by atoms with Gasteiger partial charge in [-0.05, 0) is 18.6 Å². The highest BCUT2D eigenvalue weighted by Gasteiger charge is 2.05. The molecule has 0 amide bonds. The second-order valence-corrected chi connectivity index (χ2v) is 6.69. The predicted molar refractivity (Wildman–Crippen MR) is 89.4 cm³/mol. The lowest BCUT2D eigenvalue weighted by Gasteiger charge is -2.17. The van der Waals surface area contributed by atoms with Gasteiger partial charge in [0.25, 0.3) is 10.1 Å². The monoisotopic (exact) mass is 327 g/mol. The largest absolute Gasteiger partial charge is 0.362 e. The van der Waals surface area contributed by atoms with E-state index in [2.05, 4.69) is 45.9 Å².